The van der Waals surface area contributed by atoms with Gasteiger partial charge in [0.1, 0.15) is 5.75 Å². The van der Waals surface area contributed by atoms with E-state index in [9.17, 15) is 0 Å². The smallest absolute Gasteiger partial charge is 0.200 e. The van der Waals surface area contributed by atoms with Gasteiger partial charge in [0.15, 0.2) is 10.8 Å². The van der Waals surface area contributed by atoms with Gasteiger partial charge in [-0.15, -0.1) is 10.2 Å². The van der Waals surface area contributed by atoms with Crippen molar-refractivity contribution in [3.8, 4) is 5.75 Å². The lowest BCUT2D eigenvalue weighted by molar-refractivity contribution is 0.242. The van der Waals surface area contributed by atoms with E-state index in [0.717, 1.165) is 21.4 Å². The lowest BCUT2D eigenvalue weighted by Crippen LogP contribution is -2.05. The average Bonchev–Trinajstić information content (AvgIpc) is 2.81. The van der Waals surface area contributed by atoms with Crippen molar-refractivity contribution in [2.24, 2.45) is 0 Å². The van der Waals surface area contributed by atoms with Crippen LogP contribution in [0.5, 0.6) is 5.75 Å². The van der Waals surface area contributed by atoms with Crippen LogP contribution in [0, 0.1) is 0 Å². The Kier molecular flexibility index (Phi) is 3.70. The van der Waals surface area contributed by atoms with Crippen LogP contribution >= 0.6 is 11.8 Å². The minimum atomic E-state index is 0.110. The first kappa shape index (κ1) is 13.8. The summed E-state index contributed by atoms with van der Waals surface area (Å²) in [6.07, 6.45) is 2.05. The van der Waals surface area contributed by atoms with Gasteiger partial charge in [-0.1, -0.05) is 6.07 Å². The number of pyridine rings is 1. The van der Waals surface area contributed by atoms with Crippen LogP contribution in [0.25, 0.3) is 5.65 Å². The zero-order valence-electron chi connectivity index (χ0n) is 11.9. The van der Waals surface area contributed by atoms with E-state index in [4.69, 9.17) is 10.5 Å². The third-order valence-electron chi connectivity index (χ3n) is 2.77. The summed E-state index contributed by atoms with van der Waals surface area (Å²) in [4.78, 5) is 0.976. The van der Waals surface area contributed by atoms with Crippen LogP contribution < -0.4 is 10.5 Å². The molecule has 2 N–H and O–H groups in total. The Morgan fingerprint density at radius 2 is 2.05 bits per heavy atom. The summed E-state index contributed by atoms with van der Waals surface area (Å²) in [5.41, 5.74) is 7.43. The minimum Gasteiger partial charge on any atom is -0.491 e. The Hall–Kier alpha value is -2.21. The fraction of sp³-hybridized carbons (Fsp3) is 0.200. The summed E-state index contributed by atoms with van der Waals surface area (Å²) in [5.74, 6) is 0.765. The van der Waals surface area contributed by atoms with Gasteiger partial charge >= 0.3 is 0 Å². The number of ether oxygens (including phenoxy) is 1. The van der Waals surface area contributed by atoms with E-state index < -0.39 is 0 Å². The molecule has 0 saturated heterocycles. The van der Waals surface area contributed by atoms with E-state index in [1.54, 1.807) is 0 Å². The van der Waals surface area contributed by atoms with E-state index >= 15 is 0 Å². The van der Waals surface area contributed by atoms with Gasteiger partial charge in [-0.2, -0.15) is 0 Å². The van der Waals surface area contributed by atoms with Crippen LogP contribution in [-0.2, 0) is 0 Å². The number of hydrogen-bond donors (Lipinski definition) is 1. The molecule has 3 aromatic rings. The molecule has 0 aliphatic heterocycles. The number of nitrogen functional groups attached to an aromatic ring is 1. The molecule has 2 heterocycles. The molecular weight excluding hydrogens is 284 g/mol. The lowest BCUT2D eigenvalue weighted by atomic mass is 10.3. The van der Waals surface area contributed by atoms with E-state index in [1.807, 2.05) is 60.8 Å². The number of nitrogens with two attached hydrogens (primary N) is 1. The highest BCUT2D eigenvalue weighted by Gasteiger charge is 2.09. The minimum absolute atomic E-state index is 0.110. The van der Waals surface area contributed by atoms with Crippen LogP contribution in [0.15, 0.2) is 52.6 Å². The fourth-order valence-corrected chi connectivity index (χ4v) is 2.90. The lowest BCUT2D eigenvalue weighted by Gasteiger charge is -2.11. The van der Waals surface area contributed by atoms with Crippen molar-refractivity contribution in [3.05, 3.63) is 42.6 Å². The third kappa shape index (κ3) is 3.11. The monoisotopic (exact) mass is 300 g/mol. The Bertz CT molecular complexity index is 769. The number of rotatable bonds is 4. The van der Waals surface area contributed by atoms with E-state index in [1.165, 1.54) is 11.8 Å². The van der Waals surface area contributed by atoms with E-state index in [0.29, 0.717) is 5.69 Å². The molecule has 0 radical (unpaired) electrons. The molecule has 0 aliphatic rings. The highest BCUT2D eigenvalue weighted by molar-refractivity contribution is 7.99. The molecular formula is C15H16N4OS. The molecule has 5 nitrogen and oxygen atoms in total. The molecule has 21 heavy (non-hydrogen) atoms. The van der Waals surface area contributed by atoms with Gasteiger partial charge in [0, 0.05) is 22.8 Å². The normalized spacial score (nSPS) is 11.2. The quantitative estimate of drug-likeness (QED) is 0.749. The number of nitrogens with zero attached hydrogens (tertiary/aromatic N) is 3. The summed E-state index contributed by atoms with van der Waals surface area (Å²) in [5, 5.41) is 9.14. The van der Waals surface area contributed by atoms with Crippen molar-refractivity contribution in [2.75, 3.05) is 5.73 Å². The third-order valence-corrected chi connectivity index (χ3v) is 3.70. The van der Waals surface area contributed by atoms with Gasteiger partial charge in [0.2, 0.25) is 0 Å². The van der Waals surface area contributed by atoms with Crippen LogP contribution in [0.4, 0.5) is 5.69 Å². The number of anilines is 1. The Labute approximate surface area is 127 Å². The largest absolute Gasteiger partial charge is 0.491 e. The predicted octanol–water partition coefficient (Wildman–Crippen LogP) is 3.25. The molecule has 0 aliphatic carbocycles. The maximum Gasteiger partial charge on any atom is 0.200 e. The topological polar surface area (TPSA) is 65.4 Å². The van der Waals surface area contributed by atoms with Crippen LogP contribution in [-0.4, -0.2) is 20.7 Å². The summed E-state index contributed by atoms with van der Waals surface area (Å²) in [6, 6.07) is 11.5. The first-order valence-electron chi connectivity index (χ1n) is 6.66. The van der Waals surface area contributed by atoms with Crippen molar-refractivity contribution >= 4 is 23.1 Å². The highest BCUT2D eigenvalue weighted by Crippen LogP contribution is 2.31. The predicted molar refractivity (Wildman–Crippen MR) is 83.7 cm³/mol. The molecule has 3 rings (SSSR count). The van der Waals surface area contributed by atoms with Crippen molar-refractivity contribution < 1.29 is 4.74 Å². The van der Waals surface area contributed by atoms with Crippen molar-refractivity contribution in [1.82, 2.24) is 14.6 Å². The molecule has 0 fully saturated rings. The van der Waals surface area contributed by atoms with Crippen LogP contribution in [0.2, 0.25) is 0 Å². The molecule has 0 spiro atoms. The van der Waals surface area contributed by atoms with Gasteiger partial charge in [0.05, 0.1) is 6.10 Å². The van der Waals surface area contributed by atoms with E-state index in [-0.39, 0.29) is 6.10 Å². The number of aromatic nitrogens is 3. The molecule has 2 aromatic heterocycles. The van der Waals surface area contributed by atoms with Crippen LogP contribution in [0.3, 0.4) is 0 Å². The first-order valence-corrected chi connectivity index (χ1v) is 7.48. The van der Waals surface area contributed by atoms with Gasteiger partial charge < -0.3 is 10.5 Å². The number of fused-ring (bicyclic) bond motifs is 1. The van der Waals surface area contributed by atoms with Gasteiger partial charge in [-0.25, -0.2) is 0 Å². The Morgan fingerprint density at radius 1 is 1.19 bits per heavy atom. The highest BCUT2D eigenvalue weighted by atomic mass is 32.2. The van der Waals surface area contributed by atoms with Crippen molar-refractivity contribution in [1.29, 1.82) is 0 Å². The van der Waals surface area contributed by atoms with Crippen LogP contribution in [0.1, 0.15) is 13.8 Å². The zero-order chi connectivity index (χ0) is 14.8. The van der Waals surface area contributed by atoms with Gasteiger partial charge in [-0.3, -0.25) is 4.40 Å². The SMILES string of the molecule is CC(C)Oc1cc(N)cc(Sc2nnc3ccccn23)c1. The second-order valence-corrected chi connectivity index (χ2v) is 5.96. The molecule has 0 atom stereocenters. The summed E-state index contributed by atoms with van der Waals surface area (Å²) in [6.45, 7) is 3.98. The molecule has 0 amide bonds. The van der Waals surface area contributed by atoms with E-state index in [2.05, 4.69) is 10.2 Å². The average molecular weight is 300 g/mol. The molecule has 0 unspecified atom stereocenters. The fourth-order valence-electron chi connectivity index (χ4n) is 1.99. The Morgan fingerprint density at radius 3 is 2.86 bits per heavy atom. The first-order chi connectivity index (χ1) is 10.1. The Balaban J connectivity index is 1.92. The maximum atomic E-state index is 5.94. The van der Waals surface area contributed by atoms with Crippen molar-refractivity contribution in [3.63, 3.8) is 0 Å². The molecule has 0 saturated carbocycles. The van der Waals surface area contributed by atoms with Gasteiger partial charge in [-0.05, 0) is 49.9 Å². The summed E-state index contributed by atoms with van der Waals surface area (Å²) < 4.78 is 7.65. The summed E-state index contributed by atoms with van der Waals surface area (Å²) in [7, 11) is 0. The standard InChI is InChI=1S/C15H16N4OS/c1-10(2)20-12-7-11(16)8-13(9-12)21-15-18-17-14-5-3-4-6-19(14)15/h3-10H,16H2,1-2H3. The van der Waals surface area contributed by atoms with Gasteiger partial charge in [0.25, 0.3) is 0 Å². The number of benzene rings is 1. The zero-order valence-corrected chi connectivity index (χ0v) is 12.7. The molecule has 6 heteroatoms. The number of hydrogen-bond acceptors (Lipinski definition) is 5. The summed E-state index contributed by atoms with van der Waals surface area (Å²) >= 11 is 1.51. The second kappa shape index (κ2) is 5.65. The maximum absolute atomic E-state index is 5.94. The molecule has 1 aromatic carbocycles. The molecule has 108 valence electrons. The van der Waals surface area contributed by atoms with Crippen molar-refractivity contribution in [2.45, 2.75) is 30.0 Å². The molecule has 0 bridgehead atoms. The second-order valence-electron chi connectivity index (χ2n) is 4.92.